The first-order valence-corrected chi connectivity index (χ1v) is 18.6. The molecular formula is C35H28F6O7Se2. The predicted molar refractivity (Wildman–Crippen MR) is 174 cm³/mol. The maximum atomic E-state index is 12.3. The number of halogens is 6. The third-order valence-corrected chi connectivity index (χ3v) is 10.0. The molecule has 0 aliphatic rings. The van der Waals surface area contributed by atoms with Gasteiger partial charge in [0, 0.05) is 0 Å². The zero-order valence-corrected chi connectivity index (χ0v) is 29.2. The number of ether oxygens (including phenoxy) is 6. The van der Waals surface area contributed by atoms with E-state index < -0.39 is 18.9 Å². The topological polar surface area (TPSA) is 72.5 Å². The van der Waals surface area contributed by atoms with E-state index in [0.717, 1.165) is 20.1 Å². The van der Waals surface area contributed by atoms with Gasteiger partial charge in [-0.15, -0.1) is 0 Å². The van der Waals surface area contributed by atoms with Crippen LogP contribution in [0.25, 0.3) is 0 Å². The molecule has 0 unspecified atom stereocenters. The molecule has 4 aromatic rings. The Labute approximate surface area is 296 Å². The van der Waals surface area contributed by atoms with Crippen molar-refractivity contribution in [1.82, 2.24) is 0 Å². The fourth-order valence-corrected chi connectivity index (χ4v) is 6.67. The monoisotopic (exact) mass is 834 g/mol. The molecule has 4 aromatic carbocycles. The summed E-state index contributed by atoms with van der Waals surface area (Å²) in [6, 6.07) is 25.4. The van der Waals surface area contributed by atoms with E-state index >= 15 is 0 Å². The summed E-state index contributed by atoms with van der Waals surface area (Å²) in [7, 11) is 0. The minimum absolute atomic E-state index is 0.00244. The van der Waals surface area contributed by atoms with E-state index in [4.69, 9.17) is 18.9 Å². The number of hydrogen-bond acceptors (Lipinski definition) is 7. The summed E-state index contributed by atoms with van der Waals surface area (Å²) in [6.45, 7) is 0.00487. The van der Waals surface area contributed by atoms with Crippen LogP contribution in [0.4, 0.5) is 31.1 Å². The van der Waals surface area contributed by atoms with Crippen molar-refractivity contribution < 1.29 is 59.6 Å². The number of benzene rings is 4. The number of alkyl halides is 6. The molecule has 0 fully saturated rings. The Morgan fingerprint density at radius 1 is 0.520 bits per heavy atom. The SMILES string of the molecule is O=C(OCc1ccc(OC=CC[Se]c2ccc(OC(F)(F)F)cc2)cc1)OCc1ccc(OC=CC[Se]c2ccc(OC(F)(F)F)cc2)cc1. The molecular weight excluding hydrogens is 804 g/mol. The van der Waals surface area contributed by atoms with Crippen LogP contribution in [0.15, 0.2) is 122 Å². The molecule has 0 radical (unpaired) electrons. The van der Waals surface area contributed by atoms with Gasteiger partial charge in [-0.25, -0.2) is 0 Å². The van der Waals surface area contributed by atoms with Gasteiger partial charge in [0.15, 0.2) is 0 Å². The Morgan fingerprint density at radius 3 is 1.20 bits per heavy atom. The van der Waals surface area contributed by atoms with Gasteiger partial charge in [0.1, 0.15) is 0 Å². The molecule has 0 aliphatic heterocycles. The van der Waals surface area contributed by atoms with Crippen LogP contribution in [0, 0.1) is 0 Å². The average Bonchev–Trinajstić information content (AvgIpc) is 3.07. The Balaban J connectivity index is 1.07. The first-order valence-electron chi connectivity index (χ1n) is 14.5. The van der Waals surface area contributed by atoms with E-state index in [9.17, 15) is 31.1 Å². The van der Waals surface area contributed by atoms with Gasteiger partial charge in [0.25, 0.3) is 0 Å². The van der Waals surface area contributed by atoms with Crippen molar-refractivity contribution in [3.05, 3.63) is 133 Å². The van der Waals surface area contributed by atoms with Crippen LogP contribution in [0.2, 0.25) is 10.6 Å². The first kappa shape index (κ1) is 38.3. The quantitative estimate of drug-likeness (QED) is 0.0491. The van der Waals surface area contributed by atoms with Crippen molar-refractivity contribution in [3.63, 3.8) is 0 Å². The molecule has 50 heavy (non-hydrogen) atoms. The van der Waals surface area contributed by atoms with Crippen LogP contribution in [0.1, 0.15) is 11.1 Å². The standard InChI is InChI=1S/C35H28F6O7Se2/c36-34(37,38)47-29-11-15-31(16-12-29)49-21-1-19-43-27-7-3-25(4-8-27)23-45-33(42)46-24-26-5-9-28(10-6-26)44-20-2-22-50-32-17-13-30(14-18-32)48-35(39,40)41/h1-20H,21-24H2. The van der Waals surface area contributed by atoms with E-state index in [1.807, 2.05) is 12.2 Å². The van der Waals surface area contributed by atoms with Gasteiger partial charge in [-0.3, -0.25) is 0 Å². The Kier molecular flexibility index (Phi) is 14.5. The summed E-state index contributed by atoms with van der Waals surface area (Å²) >= 11 is 0.0159. The van der Waals surface area contributed by atoms with Gasteiger partial charge in [0.2, 0.25) is 0 Å². The van der Waals surface area contributed by atoms with Gasteiger partial charge in [-0.1, -0.05) is 0 Å². The Bertz CT molecular complexity index is 1550. The molecule has 264 valence electrons. The molecule has 15 heteroatoms. The normalized spacial score (nSPS) is 11.8. The number of carbonyl (C=O) groups is 1. The Morgan fingerprint density at radius 2 is 0.860 bits per heavy atom. The van der Waals surface area contributed by atoms with E-state index in [-0.39, 0.29) is 54.6 Å². The molecule has 7 nitrogen and oxygen atoms in total. The molecule has 0 spiro atoms. The van der Waals surface area contributed by atoms with Gasteiger partial charge in [-0.2, -0.15) is 0 Å². The number of hydrogen-bond donors (Lipinski definition) is 0. The van der Waals surface area contributed by atoms with Gasteiger partial charge in [-0.05, 0) is 0 Å². The number of rotatable bonds is 16. The zero-order valence-electron chi connectivity index (χ0n) is 25.8. The van der Waals surface area contributed by atoms with Crippen LogP contribution in [0.5, 0.6) is 23.0 Å². The van der Waals surface area contributed by atoms with Crippen LogP contribution in [-0.4, -0.2) is 48.8 Å². The van der Waals surface area contributed by atoms with Crippen molar-refractivity contribution >= 4 is 45.0 Å². The molecule has 0 saturated heterocycles. The molecule has 0 aromatic heterocycles. The van der Waals surface area contributed by atoms with E-state index in [2.05, 4.69) is 9.47 Å². The molecule has 0 bridgehead atoms. The molecule has 0 atom stereocenters. The minimum atomic E-state index is -4.72. The van der Waals surface area contributed by atoms with Crippen molar-refractivity contribution in [1.29, 1.82) is 0 Å². The van der Waals surface area contributed by atoms with Crippen LogP contribution >= 0.6 is 0 Å². The molecule has 0 saturated carbocycles. The molecule has 0 amide bonds. The first-order chi connectivity index (χ1) is 23.9. The van der Waals surface area contributed by atoms with Crippen LogP contribution in [0.3, 0.4) is 0 Å². The van der Waals surface area contributed by atoms with Crippen molar-refractivity contribution in [2.75, 3.05) is 0 Å². The summed E-state index contributed by atoms with van der Waals surface area (Å²) in [5.74, 6) is 0.637. The second-order valence-corrected chi connectivity index (χ2v) is 14.3. The van der Waals surface area contributed by atoms with Gasteiger partial charge in [0.05, 0.1) is 0 Å². The van der Waals surface area contributed by atoms with Crippen LogP contribution < -0.4 is 27.9 Å². The fourth-order valence-electron chi connectivity index (χ4n) is 3.75. The molecule has 0 N–H and O–H groups in total. The molecule has 0 aliphatic carbocycles. The predicted octanol–water partition coefficient (Wildman–Crippen LogP) is 8.02. The molecule has 0 heterocycles. The number of carbonyl (C=O) groups excluding carboxylic acids is 1. The Hall–Kier alpha value is -4.55. The fraction of sp³-hybridized carbons (Fsp3) is 0.171. The molecule has 4 rings (SSSR count). The second kappa shape index (κ2) is 19.0. The third kappa shape index (κ3) is 15.3. The van der Waals surface area contributed by atoms with E-state index in [0.29, 0.717) is 22.1 Å². The van der Waals surface area contributed by atoms with E-state index in [1.54, 1.807) is 72.8 Å². The summed E-state index contributed by atoms with van der Waals surface area (Å²) in [5, 5.41) is 1.35. The number of allylic oxidation sites excluding steroid dienone is 2. The van der Waals surface area contributed by atoms with Gasteiger partial charge >= 0.3 is 297 Å². The second-order valence-electron chi connectivity index (χ2n) is 9.75. The summed E-state index contributed by atoms with van der Waals surface area (Å²) < 4.78 is 105. The maximum absolute atomic E-state index is 12.3. The summed E-state index contributed by atoms with van der Waals surface area (Å²) in [5.41, 5.74) is 1.45. The summed E-state index contributed by atoms with van der Waals surface area (Å²) in [4.78, 5) is 12.1. The van der Waals surface area contributed by atoms with Crippen molar-refractivity contribution in [3.8, 4) is 23.0 Å². The van der Waals surface area contributed by atoms with E-state index in [1.165, 1.54) is 36.8 Å². The third-order valence-electron chi connectivity index (χ3n) is 5.97. The van der Waals surface area contributed by atoms with Crippen molar-refractivity contribution in [2.45, 2.75) is 36.6 Å². The summed E-state index contributed by atoms with van der Waals surface area (Å²) in [6.07, 6.45) is -3.53. The van der Waals surface area contributed by atoms with Crippen molar-refractivity contribution in [2.24, 2.45) is 0 Å². The zero-order chi connectivity index (χ0) is 35.8. The average molecular weight is 833 g/mol. The van der Waals surface area contributed by atoms with Crippen LogP contribution in [-0.2, 0) is 22.7 Å². The van der Waals surface area contributed by atoms with Gasteiger partial charge < -0.3 is 0 Å².